The van der Waals surface area contributed by atoms with Gasteiger partial charge in [0.05, 0.1) is 5.69 Å². The quantitative estimate of drug-likeness (QED) is 0.898. The highest BCUT2D eigenvalue weighted by Crippen LogP contribution is 2.21. The summed E-state index contributed by atoms with van der Waals surface area (Å²) in [6.07, 6.45) is 0.880. The van der Waals surface area contributed by atoms with Crippen molar-refractivity contribution in [1.82, 2.24) is 14.9 Å². The number of nitrogens with one attached hydrogen (secondary N) is 1. The Balaban J connectivity index is 2.39. The summed E-state index contributed by atoms with van der Waals surface area (Å²) in [6.45, 7) is 2.93. The first-order valence-electron chi connectivity index (χ1n) is 6.06. The van der Waals surface area contributed by atoms with Crippen molar-refractivity contribution in [1.29, 1.82) is 0 Å². The molecule has 0 amide bonds. The van der Waals surface area contributed by atoms with E-state index in [4.69, 9.17) is 0 Å². The van der Waals surface area contributed by atoms with Crippen LogP contribution in [0, 0.1) is 12.7 Å². The Kier molecular flexibility index (Phi) is 3.77. The molecule has 0 saturated carbocycles. The number of imidazole rings is 1. The van der Waals surface area contributed by atoms with Crippen molar-refractivity contribution in [3.63, 3.8) is 0 Å². The van der Waals surface area contributed by atoms with Crippen molar-refractivity contribution in [2.24, 2.45) is 7.05 Å². The topological polar surface area (TPSA) is 29.9 Å². The zero-order chi connectivity index (χ0) is 13.1. The Morgan fingerprint density at radius 3 is 2.83 bits per heavy atom. The van der Waals surface area contributed by atoms with Crippen molar-refractivity contribution in [3.8, 4) is 11.4 Å². The highest BCUT2D eigenvalue weighted by atomic mass is 19.1. The molecule has 96 valence electrons. The van der Waals surface area contributed by atoms with Gasteiger partial charge in [-0.2, -0.15) is 0 Å². The van der Waals surface area contributed by atoms with Gasteiger partial charge in [0.25, 0.3) is 0 Å². The lowest BCUT2D eigenvalue weighted by Gasteiger charge is -2.03. The van der Waals surface area contributed by atoms with E-state index >= 15 is 0 Å². The Morgan fingerprint density at radius 1 is 1.39 bits per heavy atom. The lowest BCUT2D eigenvalue weighted by molar-refractivity contribution is 0.628. The SMILES string of the molecule is CNCCc1nc(-c2cccc(F)c2)n(C)c1C. The van der Waals surface area contributed by atoms with Gasteiger partial charge in [-0.3, -0.25) is 0 Å². The molecule has 0 aliphatic carbocycles. The monoisotopic (exact) mass is 247 g/mol. The van der Waals surface area contributed by atoms with Gasteiger partial charge in [0, 0.05) is 31.3 Å². The minimum atomic E-state index is -0.232. The Labute approximate surface area is 107 Å². The molecule has 0 aliphatic heterocycles. The molecule has 2 rings (SSSR count). The molecule has 0 atom stereocenters. The molecular formula is C14H18FN3. The second kappa shape index (κ2) is 5.31. The lowest BCUT2D eigenvalue weighted by atomic mass is 10.2. The second-order valence-electron chi connectivity index (χ2n) is 4.39. The van der Waals surface area contributed by atoms with E-state index in [0.29, 0.717) is 0 Å². The number of aromatic nitrogens is 2. The summed E-state index contributed by atoms with van der Waals surface area (Å²) in [5.41, 5.74) is 3.01. The van der Waals surface area contributed by atoms with Gasteiger partial charge in [0.2, 0.25) is 0 Å². The molecule has 1 heterocycles. The van der Waals surface area contributed by atoms with E-state index in [1.807, 2.05) is 31.7 Å². The van der Waals surface area contributed by atoms with E-state index < -0.39 is 0 Å². The molecule has 2 aromatic rings. The fourth-order valence-corrected chi connectivity index (χ4v) is 2.00. The van der Waals surface area contributed by atoms with Gasteiger partial charge >= 0.3 is 0 Å². The molecule has 0 radical (unpaired) electrons. The summed E-state index contributed by atoms with van der Waals surface area (Å²) in [5, 5.41) is 3.11. The molecule has 1 aromatic carbocycles. The van der Waals surface area contributed by atoms with Crippen LogP contribution in [0.4, 0.5) is 4.39 Å². The summed E-state index contributed by atoms with van der Waals surface area (Å²) in [5.74, 6) is 0.586. The van der Waals surface area contributed by atoms with E-state index in [0.717, 1.165) is 35.7 Å². The zero-order valence-electron chi connectivity index (χ0n) is 11.0. The number of rotatable bonds is 4. The minimum absolute atomic E-state index is 0.232. The van der Waals surface area contributed by atoms with Crippen LogP contribution in [0.2, 0.25) is 0 Å². The Bertz CT molecular complexity index is 546. The summed E-state index contributed by atoms with van der Waals surface area (Å²) >= 11 is 0. The van der Waals surface area contributed by atoms with Crippen molar-refractivity contribution in [2.75, 3.05) is 13.6 Å². The summed E-state index contributed by atoms with van der Waals surface area (Å²) in [4.78, 5) is 4.61. The third-order valence-corrected chi connectivity index (χ3v) is 3.17. The Morgan fingerprint density at radius 2 is 2.17 bits per heavy atom. The van der Waals surface area contributed by atoms with E-state index in [1.54, 1.807) is 6.07 Å². The van der Waals surface area contributed by atoms with Crippen LogP contribution in [0.3, 0.4) is 0 Å². The van der Waals surface area contributed by atoms with Gasteiger partial charge in [0.15, 0.2) is 0 Å². The van der Waals surface area contributed by atoms with E-state index in [-0.39, 0.29) is 5.82 Å². The van der Waals surface area contributed by atoms with E-state index in [1.165, 1.54) is 12.1 Å². The molecular weight excluding hydrogens is 229 g/mol. The van der Waals surface area contributed by atoms with Crippen LogP contribution in [0.1, 0.15) is 11.4 Å². The van der Waals surface area contributed by atoms with Crippen LogP contribution in [-0.4, -0.2) is 23.1 Å². The van der Waals surface area contributed by atoms with Crippen LogP contribution in [0.25, 0.3) is 11.4 Å². The smallest absolute Gasteiger partial charge is 0.140 e. The molecule has 0 saturated heterocycles. The van der Waals surface area contributed by atoms with Crippen LogP contribution in [0.15, 0.2) is 24.3 Å². The van der Waals surface area contributed by atoms with Gasteiger partial charge in [-0.05, 0) is 26.1 Å². The summed E-state index contributed by atoms with van der Waals surface area (Å²) < 4.78 is 15.3. The van der Waals surface area contributed by atoms with E-state index in [9.17, 15) is 4.39 Å². The van der Waals surface area contributed by atoms with Crippen molar-refractivity contribution in [2.45, 2.75) is 13.3 Å². The predicted molar refractivity (Wildman–Crippen MR) is 71.0 cm³/mol. The number of nitrogens with zero attached hydrogens (tertiary/aromatic N) is 2. The van der Waals surface area contributed by atoms with Gasteiger partial charge in [-0.15, -0.1) is 0 Å². The fourth-order valence-electron chi connectivity index (χ4n) is 2.00. The number of hydrogen-bond acceptors (Lipinski definition) is 2. The third kappa shape index (κ3) is 2.43. The van der Waals surface area contributed by atoms with Crippen LogP contribution in [0.5, 0.6) is 0 Å². The molecule has 0 bridgehead atoms. The Hall–Kier alpha value is -1.68. The highest BCUT2D eigenvalue weighted by Gasteiger charge is 2.12. The zero-order valence-corrected chi connectivity index (χ0v) is 11.0. The molecule has 1 aromatic heterocycles. The van der Waals surface area contributed by atoms with Crippen molar-refractivity contribution in [3.05, 3.63) is 41.5 Å². The maximum atomic E-state index is 13.2. The molecule has 4 heteroatoms. The average molecular weight is 247 g/mol. The maximum Gasteiger partial charge on any atom is 0.140 e. The maximum absolute atomic E-state index is 13.2. The van der Waals surface area contributed by atoms with Gasteiger partial charge in [-0.1, -0.05) is 12.1 Å². The second-order valence-corrected chi connectivity index (χ2v) is 4.39. The molecule has 0 aliphatic rings. The minimum Gasteiger partial charge on any atom is -0.331 e. The highest BCUT2D eigenvalue weighted by molar-refractivity contribution is 5.56. The summed E-state index contributed by atoms with van der Waals surface area (Å²) in [7, 11) is 3.89. The van der Waals surface area contributed by atoms with Gasteiger partial charge in [0.1, 0.15) is 11.6 Å². The standard InChI is InChI=1S/C14H18FN3/c1-10-13(7-8-16-2)17-14(18(10)3)11-5-4-6-12(15)9-11/h4-6,9,16H,7-8H2,1-3H3. The summed E-state index contributed by atoms with van der Waals surface area (Å²) in [6, 6.07) is 6.56. The average Bonchev–Trinajstić information content (AvgIpc) is 2.64. The predicted octanol–water partition coefficient (Wildman–Crippen LogP) is 2.30. The molecule has 3 nitrogen and oxygen atoms in total. The van der Waals surface area contributed by atoms with Crippen molar-refractivity contribution < 1.29 is 4.39 Å². The molecule has 1 N–H and O–H groups in total. The normalized spacial score (nSPS) is 10.9. The first-order valence-corrected chi connectivity index (χ1v) is 6.06. The largest absolute Gasteiger partial charge is 0.331 e. The van der Waals surface area contributed by atoms with E-state index in [2.05, 4.69) is 10.3 Å². The van der Waals surface area contributed by atoms with Gasteiger partial charge in [-0.25, -0.2) is 9.37 Å². The first-order chi connectivity index (χ1) is 8.63. The van der Waals surface area contributed by atoms with Crippen LogP contribution in [-0.2, 0) is 13.5 Å². The van der Waals surface area contributed by atoms with Gasteiger partial charge < -0.3 is 9.88 Å². The molecule has 18 heavy (non-hydrogen) atoms. The molecule has 0 spiro atoms. The van der Waals surface area contributed by atoms with Crippen molar-refractivity contribution >= 4 is 0 Å². The third-order valence-electron chi connectivity index (χ3n) is 3.17. The lowest BCUT2D eigenvalue weighted by Crippen LogP contribution is -2.11. The molecule has 0 unspecified atom stereocenters. The van der Waals surface area contributed by atoms with Crippen LogP contribution >= 0.6 is 0 Å². The fraction of sp³-hybridized carbons (Fsp3) is 0.357. The number of likely N-dealkylation sites (N-methyl/N-ethyl adjacent to an activating group) is 1. The molecule has 0 fully saturated rings. The van der Waals surface area contributed by atoms with Crippen LogP contribution < -0.4 is 5.32 Å². The number of benzene rings is 1. The number of halogens is 1. The first kappa shape index (κ1) is 12.8. The number of hydrogen-bond donors (Lipinski definition) is 1.